The standard InChI is InChI=1S/C12H10N2O3S/c15-10(6-11(16)17)14-12-13-9(7-18-12)8-4-2-1-3-5-8/h1-5,7H,6H2,(H,16,17)(H,13,14,15). The zero-order chi connectivity index (χ0) is 13.0. The minimum atomic E-state index is -1.16. The summed E-state index contributed by atoms with van der Waals surface area (Å²) in [6.45, 7) is 0. The van der Waals surface area contributed by atoms with Crippen LogP contribution in [0.25, 0.3) is 11.3 Å². The van der Waals surface area contributed by atoms with Crippen molar-refractivity contribution in [2.24, 2.45) is 0 Å². The molecule has 1 amide bonds. The van der Waals surface area contributed by atoms with Gasteiger partial charge in [-0.2, -0.15) is 0 Å². The molecule has 2 N–H and O–H groups in total. The number of aromatic nitrogens is 1. The highest BCUT2D eigenvalue weighted by Crippen LogP contribution is 2.24. The Labute approximate surface area is 107 Å². The van der Waals surface area contributed by atoms with Gasteiger partial charge in [-0.25, -0.2) is 4.98 Å². The Morgan fingerprint density at radius 3 is 2.67 bits per heavy atom. The van der Waals surface area contributed by atoms with Crippen molar-refractivity contribution >= 4 is 28.3 Å². The van der Waals surface area contributed by atoms with Crippen molar-refractivity contribution in [1.29, 1.82) is 0 Å². The highest BCUT2D eigenvalue weighted by atomic mass is 32.1. The van der Waals surface area contributed by atoms with Crippen molar-refractivity contribution in [1.82, 2.24) is 4.98 Å². The van der Waals surface area contributed by atoms with Crippen LogP contribution in [0, 0.1) is 0 Å². The minimum absolute atomic E-state index is 0.403. The van der Waals surface area contributed by atoms with Crippen LogP contribution in [-0.2, 0) is 9.59 Å². The maximum atomic E-state index is 11.2. The number of rotatable bonds is 4. The van der Waals surface area contributed by atoms with Crippen molar-refractivity contribution in [3.63, 3.8) is 0 Å². The van der Waals surface area contributed by atoms with Gasteiger partial charge in [-0.1, -0.05) is 30.3 Å². The second kappa shape index (κ2) is 5.42. The van der Waals surface area contributed by atoms with Gasteiger partial charge in [0, 0.05) is 10.9 Å². The van der Waals surface area contributed by atoms with Crippen molar-refractivity contribution < 1.29 is 14.7 Å². The Bertz CT molecular complexity index is 566. The Kier molecular flexibility index (Phi) is 3.69. The zero-order valence-electron chi connectivity index (χ0n) is 9.29. The van der Waals surface area contributed by atoms with E-state index in [1.165, 1.54) is 11.3 Å². The number of benzene rings is 1. The number of hydrogen-bond acceptors (Lipinski definition) is 4. The van der Waals surface area contributed by atoms with E-state index in [4.69, 9.17) is 5.11 Å². The van der Waals surface area contributed by atoms with Crippen LogP contribution in [0.15, 0.2) is 35.7 Å². The number of carboxylic acid groups (broad SMARTS) is 1. The van der Waals surface area contributed by atoms with E-state index >= 15 is 0 Å². The number of carboxylic acids is 1. The van der Waals surface area contributed by atoms with E-state index in [1.807, 2.05) is 35.7 Å². The molecule has 18 heavy (non-hydrogen) atoms. The molecule has 92 valence electrons. The molecule has 0 spiro atoms. The number of nitrogens with one attached hydrogen (secondary N) is 1. The molecule has 1 heterocycles. The van der Waals surface area contributed by atoms with Gasteiger partial charge >= 0.3 is 5.97 Å². The molecule has 0 aliphatic heterocycles. The van der Waals surface area contributed by atoms with Crippen molar-refractivity contribution in [2.45, 2.75) is 6.42 Å². The van der Waals surface area contributed by atoms with Gasteiger partial charge in [0.2, 0.25) is 5.91 Å². The number of nitrogens with zero attached hydrogens (tertiary/aromatic N) is 1. The molecule has 0 radical (unpaired) electrons. The largest absolute Gasteiger partial charge is 0.481 e. The molecule has 0 saturated carbocycles. The molecule has 0 atom stereocenters. The average Bonchev–Trinajstić information content (AvgIpc) is 2.77. The molecular weight excluding hydrogens is 252 g/mol. The van der Waals surface area contributed by atoms with Gasteiger partial charge in [0.15, 0.2) is 5.13 Å². The molecule has 0 unspecified atom stereocenters. The summed E-state index contributed by atoms with van der Waals surface area (Å²) in [5.74, 6) is -1.73. The Morgan fingerprint density at radius 1 is 1.28 bits per heavy atom. The highest BCUT2D eigenvalue weighted by molar-refractivity contribution is 7.14. The topological polar surface area (TPSA) is 79.3 Å². The fourth-order valence-corrected chi connectivity index (χ4v) is 2.11. The maximum absolute atomic E-state index is 11.2. The lowest BCUT2D eigenvalue weighted by Crippen LogP contribution is -2.15. The van der Waals surface area contributed by atoms with Crippen LogP contribution in [0.2, 0.25) is 0 Å². The third-order valence-corrected chi connectivity index (χ3v) is 2.89. The van der Waals surface area contributed by atoms with E-state index in [1.54, 1.807) is 0 Å². The summed E-state index contributed by atoms with van der Waals surface area (Å²) in [4.78, 5) is 25.8. The normalized spacial score (nSPS) is 10.0. The van der Waals surface area contributed by atoms with Crippen LogP contribution < -0.4 is 5.32 Å². The number of hydrogen-bond donors (Lipinski definition) is 2. The first-order chi connectivity index (χ1) is 8.65. The first-order valence-corrected chi connectivity index (χ1v) is 6.06. The van der Waals surface area contributed by atoms with E-state index < -0.39 is 18.3 Å². The van der Waals surface area contributed by atoms with E-state index in [-0.39, 0.29) is 0 Å². The van der Waals surface area contributed by atoms with Crippen molar-refractivity contribution in [2.75, 3.05) is 5.32 Å². The Balaban J connectivity index is 2.07. The van der Waals surface area contributed by atoms with Crippen LogP contribution in [-0.4, -0.2) is 22.0 Å². The van der Waals surface area contributed by atoms with Gasteiger partial charge < -0.3 is 10.4 Å². The molecule has 6 heteroatoms. The molecule has 2 aromatic rings. The predicted molar refractivity (Wildman–Crippen MR) is 68.4 cm³/mol. The van der Waals surface area contributed by atoms with E-state index in [0.29, 0.717) is 5.13 Å². The van der Waals surface area contributed by atoms with Crippen molar-refractivity contribution in [3.05, 3.63) is 35.7 Å². The molecule has 5 nitrogen and oxygen atoms in total. The zero-order valence-corrected chi connectivity index (χ0v) is 10.1. The minimum Gasteiger partial charge on any atom is -0.481 e. The van der Waals surface area contributed by atoms with Crippen molar-refractivity contribution in [3.8, 4) is 11.3 Å². The van der Waals surface area contributed by atoms with Crippen LogP contribution in [0.4, 0.5) is 5.13 Å². The van der Waals surface area contributed by atoms with Gasteiger partial charge in [-0.3, -0.25) is 9.59 Å². The summed E-state index contributed by atoms with van der Waals surface area (Å²) in [6, 6.07) is 9.54. The van der Waals surface area contributed by atoms with Gasteiger partial charge in [0.25, 0.3) is 0 Å². The van der Waals surface area contributed by atoms with Crippen LogP contribution in [0.1, 0.15) is 6.42 Å². The summed E-state index contributed by atoms with van der Waals surface area (Å²) >= 11 is 1.26. The molecular formula is C12H10N2O3S. The molecule has 0 aliphatic carbocycles. The summed E-state index contributed by atoms with van der Waals surface area (Å²) < 4.78 is 0. The van der Waals surface area contributed by atoms with Crippen LogP contribution >= 0.6 is 11.3 Å². The molecule has 0 fully saturated rings. The fraction of sp³-hybridized carbons (Fsp3) is 0.0833. The van der Waals surface area contributed by atoms with Gasteiger partial charge in [-0.05, 0) is 0 Å². The third-order valence-electron chi connectivity index (χ3n) is 2.13. The number of carbonyl (C=O) groups is 2. The van der Waals surface area contributed by atoms with E-state index in [0.717, 1.165) is 11.3 Å². The van der Waals surface area contributed by atoms with E-state index in [2.05, 4.69) is 10.3 Å². The average molecular weight is 262 g/mol. The van der Waals surface area contributed by atoms with Gasteiger partial charge in [0.05, 0.1) is 5.69 Å². The van der Waals surface area contributed by atoms with Crippen LogP contribution in [0.3, 0.4) is 0 Å². The summed E-state index contributed by atoms with van der Waals surface area (Å²) in [6.07, 6.45) is -0.555. The lowest BCUT2D eigenvalue weighted by atomic mass is 10.2. The number of amides is 1. The molecule has 2 rings (SSSR count). The lowest BCUT2D eigenvalue weighted by Gasteiger charge is -1.98. The van der Waals surface area contributed by atoms with Gasteiger partial charge in [0.1, 0.15) is 6.42 Å². The Morgan fingerprint density at radius 2 is 2.00 bits per heavy atom. The number of carbonyl (C=O) groups excluding carboxylic acids is 1. The molecule has 1 aromatic carbocycles. The predicted octanol–water partition coefficient (Wildman–Crippen LogP) is 2.22. The molecule has 0 aliphatic rings. The number of thiazole rings is 1. The summed E-state index contributed by atoms with van der Waals surface area (Å²) in [5, 5.41) is 13.1. The maximum Gasteiger partial charge on any atom is 0.312 e. The highest BCUT2D eigenvalue weighted by Gasteiger charge is 2.10. The van der Waals surface area contributed by atoms with Crippen LogP contribution in [0.5, 0.6) is 0 Å². The lowest BCUT2D eigenvalue weighted by molar-refractivity contribution is -0.139. The summed E-state index contributed by atoms with van der Waals surface area (Å²) in [7, 11) is 0. The molecule has 0 bridgehead atoms. The van der Waals surface area contributed by atoms with E-state index in [9.17, 15) is 9.59 Å². The second-order valence-corrected chi connectivity index (χ2v) is 4.38. The quantitative estimate of drug-likeness (QED) is 0.828. The number of aliphatic carboxylic acids is 1. The molecule has 1 aromatic heterocycles. The molecule has 0 saturated heterocycles. The monoisotopic (exact) mass is 262 g/mol. The number of anilines is 1. The first kappa shape index (κ1) is 12.3. The fourth-order valence-electron chi connectivity index (χ4n) is 1.37. The Hall–Kier alpha value is -2.21. The SMILES string of the molecule is O=C(O)CC(=O)Nc1nc(-c2ccccc2)cs1. The third kappa shape index (κ3) is 3.14. The second-order valence-electron chi connectivity index (χ2n) is 3.52. The smallest absolute Gasteiger partial charge is 0.312 e. The summed E-state index contributed by atoms with van der Waals surface area (Å²) in [5.41, 5.74) is 1.71. The van der Waals surface area contributed by atoms with Gasteiger partial charge in [-0.15, -0.1) is 11.3 Å². The first-order valence-electron chi connectivity index (χ1n) is 5.18.